The SMILES string of the molecule is CCOC(=O)C1(C(C)(C)O)CCC(F)(F)C1. The van der Waals surface area contributed by atoms with Crippen molar-refractivity contribution in [2.45, 2.75) is 51.6 Å². The highest BCUT2D eigenvalue weighted by Gasteiger charge is 2.61. The van der Waals surface area contributed by atoms with Crippen molar-refractivity contribution in [3.8, 4) is 0 Å². The lowest BCUT2D eigenvalue weighted by Crippen LogP contribution is -2.49. The van der Waals surface area contributed by atoms with E-state index in [-0.39, 0.29) is 19.4 Å². The topological polar surface area (TPSA) is 46.5 Å². The fourth-order valence-corrected chi connectivity index (χ4v) is 2.23. The molecule has 0 aliphatic heterocycles. The number of ether oxygens (including phenoxy) is 1. The third-order valence-corrected chi connectivity index (χ3v) is 3.32. The van der Waals surface area contributed by atoms with Gasteiger partial charge < -0.3 is 9.84 Å². The van der Waals surface area contributed by atoms with Gasteiger partial charge in [0.1, 0.15) is 5.41 Å². The van der Waals surface area contributed by atoms with Crippen LogP contribution < -0.4 is 0 Å². The summed E-state index contributed by atoms with van der Waals surface area (Å²) in [6.07, 6.45) is -1.06. The fraction of sp³-hybridized carbons (Fsp3) is 0.909. The molecule has 0 aromatic rings. The normalized spacial score (nSPS) is 29.1. The van der Waals surface area contributed by atoms with Crippen LogP contribution in [-0.2, 0) is 9.53 Å². The number of carbonyl (C=O) groups excluding carboxylic acids is 1. The molecule has 0 radical (unpaired) electrons. The van der Waals surface area contributed by atoms with Crippen LogP contribution in [0.15, 0.2) is 0 Å². The van der Waals surface area contributed by atoms with Crippen molar-refractivity contribution in [3.63, 3.8) is 0 Å². The molecule has 1 rings (SSSR count). The molecule has 16 heavy (non-hydrogen) atoms. The van der Waals surface area contributed by atoms with Crippen molar-refractivity contribution in [2.24, 2.45) is 5.41 Å². The molecule has 1 N–H and O–H groups in total. The highest BCUT2D eigenvalue weighted by molar-refractivity contribution is 5.79. The van der Waals surface area contributed by atoms with Crippen LogP contribution in [0.3, 0.4) is 0 Å². The standard InChI is InChI=1S/C11H18F2O3/c1-4-16-8(14)10(9(2,3)15)5-6-11(12,13)7-10/h15H,4-7H2,1-3H3. The maximum absolute atomic E-state index is 13.3. The summed E-state index contributed by atoms with van der Waals surface area (Å²) in [5.74, 6) is -3.62. The van der Waals surface area contributed by atoms with Crippen molar-refractivity contribution in [3.05, 3.63) is 0 Å². The van der Waals surface area contributed by atoms with Crippen molar-refractivity contribution in [2.75, 3.05) is 6.61 Å². The Morgan fingerprint density at radius 1 is 1.44 bits per heavy atom. The van der Waals surface area contributed by atoms with Gasteiger partial charge in [-0.25, -0.2) is 8.78 Å². The predicted octanol–water partition coefficient (Wildman–Crippen LogP) is 2.13. The first kappa shape index (κ1) is 13.4. The Morgan fingerprint density at radius 3 is 2.31 bits per heavy atom. The molecule has 1 unspecified atom stereocenters. The second-order valence-electron chi connectivity index (χ2n) is 4.89. The number of aliphatic hydroxyl groups is 1. The van der Waals surface area contributed by atoms with Gasteiger partial charge >= 0.3 is 5.97 Å². The molecule has 0 aromatic carbocycles. The molecule has 0 amide bonds. The van der Waals surface area contributed by atoms with Gasteiger partial charge in [0.15, 0.2) is 0 Å². The summed E-state index contributed by atoms with van der Waals surface area (Å²) in [5.41, 5.74) is -2.98. The monoisotopic (exact) mass is 236 g/mol. The second kappa shape index (κ2) is 3.95. The molecular formula is C11H18F2O3. The largest absolute Gasteiger partial charge is 0.465 e. The van der Waals surface area contributed by atoms with Crippen molar-refractivity contribution in [1.29, 1.82) is 0 Å². The lowest BCUT2D eigenvalue weighted by molar-refractivity contribution is -0.174. The van der Waals surface area contributed by atoms with Gasteiger partial charge in [0.25, 0.3) is 0 Å². The van der Waals surface area contributed by atoms with Crippen molar-refractivity contribution >= 4 is 5.97 Å². The van der Waals surface area contributed by atoms with Gasteiger partial charge in [0.05, 0.1) is 12.2 Å². The first-order valence-corrected chi connectivity index (χ1v) is 5.42. The molecule has 0 spiro atoms. The van der Waals surface area contributed by atoms with E-state index in [0.29, 0.717) is 0 Å². The Morgan fingerprint density at radius 2 is 2.00 bits per heavy atom. The maximum Gasteiger partial charge on any atom is 0.315 e. The van der Waals surface area contributed by atoms with Crippen LogP contribution >= 0.6 is 0 Å². The summed E-state index contributed by atoms with van der Waals surface area (Å²) in [6.45, 7) is 4.50. The van der Waals surface area contributed by atoms with E-state index >= 15 is 0 Å². The molecule has 1 atom stereocenters. The van der Waals surface area contributed by atoms with E-state index < -0.39 is 29.3 Å². The second-order valence-corrected chi connectivity index (χ2v) is 4.89. The number of esters is 1. The van der Waals surface area contributed by atoms with E-state index in [2.05, 4.69) is 0 Å². The summed E-state index contributed by atoms with van der Waals surface area (Å²) in [4.78, 5) is 11.8. The van der Waals surface area contributed by atoms with Crippen LogP contribution in [-0.4, -0.2) is 29.2 Å². The van der Waals surface area contributed by atoms with Crippen LogP contribution in [0.25, 0.3) is 0 Å². The van der Waals surface area contributed by atoms with Gasteiger partial charge in [-0.15, -0.1) is 0 Å². The Balaban J connectivity index is 3.02. The van der Waals surface area contributed by atoms with E-state index in [1.165, 1.54) is 13.8 Å². The van der Waals surface area contributed by atoms with Gasteiger partial charge in [0, 0.05) is 12.8 Å². The van der Waals surface area contributed by atoms with Crippen LogP contribution in [0.2, 0.25) is 0 Å². The number of hydrogen-bond donors (Lipinski definition) is 1. The Hall–Kier alpha value is -0.710. The van der Waals surface area contributed by atoms with E-state index in [1.54, 1.807) is 6.92 Å². The van der Waals surface area contributed by atoms with Gasteiger partial charge in [-0.05, 0) is 27.2 Å². The molecular weight excluding hydrogens is 218 g/mol. The van der Waals surface area contributed by atoms with Crippen LogP contribution in [0.4, 0.5) is 8.78 Å². The zero-order valence-corrected chi connectivity index (χ0v) is 9.85. The van der Waals surface area contributed by atoms with Crippen molar-refractivity contribution in [1.82, 2.24) is 0 Å². The molecule has 0 heterocycles. The summed E-state index contributed by atoms with van der Waals surface area (Å²) in [5, 5.41) is 9.96. The average molecular weight is 236 g/mol. The summed E-state index contributed by atoms with van der Waals surface area (Å²) in [7, 11) is 0. The first-order chi connectivity index (χ1) is 7.15. The Labute approximate surface area is 93.8 Å². The van der Waals surface area contributed by atoms with Gasteiger partial charge in [-0.3, -0.25) is 4.79 Å². The predicted molar refractivity (Wildman–Crippen MR) is 54.2 cm³/mol. The molecule has 0 bridgehead atoms. The zero-order chi connectivity index (χ0) is 12.6. The third-order valence-electron chi connectivity index (χ3n) is 3.32. The number of hydrogen-bond acceptors (Lipinski definition) is 3. The lowest BCUT2D eigenvalue weighted by Gasteiger charge is -2.37. The third kappa shape index (κ3) is 2.19. The molecule has 5 heteroatoms. The highest BCUT2D eigenvalue weighted by Crippen LogP contribution is 2.53. The average Bonchev–Trinajstić information content (AvgIpc) is 2.42. The highest BCUT2D eigenvalue weighted by atomic mass is 19.3. The molecule has 3 nitrogen and oxygen atoms in total. The minimum absolute atomic E-state index is 0.0394. The van der Waals surface area contributed by atoms with Gasteiger partial charge in [0.2, 0.25) is 5.92 Å². The Bertz CT molecular complexity index is 283. The van der Waals surface area contributed by atoms with E-state index in [4.69, 9.17) is 4.74 Å². The molecule has 0 aromatic heterocycles. The van der Waals surface area contributed by atoms with Crippen LogP contribution in [0.1, 0.15) is 40.0 Å². The smallest absolute Gasteiger partial charge is 0.315 e. The molecule has 94 valence electrons. The number of alkyl halides is 2. The summed E-state index contributed by atoms with van der Waals surface area (Å²) in [6, 6.07) is 0. The Kier molecular flexibility index (Phi) is 3.29. The minimum Gasteiger partial charge on any atom is -0.465 e. The van der Waals surface area contributed by atoms with Crippen LogP contribution in [0.5, 0.6) is 0 Å². The quantitative estimate of drug-likeness (QED) is 0.763. The van der Waals surface area contributed by atoms with Crippen molar-refractivity contribution < 1.29 is 23.4 Å². The minimum atomic E-state index is -2.90. The fourth-order valence-electron chi connectivity index (χ4n) is 2.23. The van der Waals surface area contributed by atoms with E-state index in [1.807, 2.05) is 0 Å². The molecule has 1 aliphatic rings. The molecule has 1 saturated carbocycles. The first-order valence-electron chi connectivity index (χ1n) is 5.42. The van der Waals surface area contributed by atoms with Gasteiger partial charge in [-0.1, -0.05) is 0 Å². The van der Waals surface area contributed by atoms with Crippen LogP contribution in [0, 0.1) is 5.41 Å². The molecule has 1 fully saturated rings. The molecule has 1 aliphatic carbocycles. The number of halogens is 2. The number of carbonyl (C=O) groups is 1. The number of rotatable bonds is 3. The maximum atomic E-state index is 13.3. The zero-order valence-electron chi connectivity index (χ0n) is 9.85. The molecule has 0 saturated heterocycles. The summed E-state index contributed by atoms with van der Waals surface area (Å²) < 4.78 is 31.3. The van der Waals surface area contributed by atoms with E-state index in [0.717, 1.165) is 0 Å². The van der Waals surface area contributed by atoms with E-state index in [9.17, 15) is 18.7 Å². The van der Waals surface area contributed by atoms with Gasteiger partial charge in [-0.2, -0.15) is 0 Å². The lowest BCUT2D eigenvalue weighted by atomic mass is 9.72. The summed E-state index contributed by atoms with van der Waals surface area (Å²) >= 11 is 0.